The fourth-order valence-electron chi connectivity index (χ4n) is 3.36. The zero-order valence-corrected chi connectivity index (χ0v) is 14.7. The molecule has 1 amide bonds. The van der Waals surface area contributed by atoms with Gasteiger partial charge in [0, 0.05) is 46.4 Å². The SMILES string of the molecule is O=C(NC1CC(F)CC(c2ncccn2)C1)c1csc(-c2cn[nH]c2)c1. The summed E-state index contributed by atoms with van der Waals surface area (Å²) in [4.78, 5) is 22.0. The number of halogens is 1. The molecule has 0 bridgehead atoms. The van der Waals surface area contributed by atoms with Crippen molar-refractivity contribution < 1.29 is 9.18 Å². The normalized spacial score (nSPS) is 22.9. The lowest BCUT2D eigenvalue weighted by atomic mass is 9.84. The van der Waals surface area contributed by atoms with Gasteiger partial charge in [0.25, 0.3) is 5.91 Å². The molecular weight excluding hydrogens is 353 g/mol. The predicted octanol–water partition coefficient (Wildman–Crippen LogP) is 3.33. The first-order valence-corrected chi connectivity index (χ1v) is 9.36. The van der Waals surface area contributed by atoms with Crippen LogP contribution in [0, 0.1) is 0 Å². The zero-order valence-electron chi connectivity index (χ0n) is 13.9. The van der Waals surface area contributed by atoms with E-state index in [-0.39, 0.29) is 17.9 Å². The van der Waals surface area contributed by atoms with Crippen molar-refractivity contribution in [3.63, 3.8) is 0 Å². The number of carbonyl (C=O) groups excluding carboxylic acids is 1. The summed E-state index contributed by atoms with van der Waals surface area (Å²) in [6, 6.07) is 3.35. The lowest BCUT2D eigenvalue weighted by molar-refractivity contribution is 0.0905. The fraction of sp³-hybridized carbons (Fsp3) is 0.333. The van der Waals surface area contributed by atoms with Crippen LogP contribution in [0.4, 0.5) is 4.39 Å². The van der Waals surface area contributed by atoms with E-state index in [1.165, 1.54) is 11.3 Å². The summed E-state index contributed by atoms with van der Waals surface area (Å²) < 4.78 is 14.2. The molecule has 3 atom stereocenters. The largest absolute Gasteiger partial charge is 0.349 e. The number of aromatic nitrogens is 4. The molecule has 26 heavy (non-hydrogen) atoms. The number of rotatable bonds is 4. The van der Waals surface area contributed by atoms with Gasteiger partial charge in [-0.15, -0.1) is 11.3 Å². The summed E-state index contributed by atoms with van der Waals surface area (Å²) in [5.74, 6) is 0.393. The first-order chi connectivity index (χ1) is 12.7. The summed E-state index contributed by atoms with van der Waals surface area (Å²) in [5, 5.41) is 11.5. The average molecular weight is 371 g/mol. The van der Waals surface area contributed by atoms with Crippen LogP contribution in [0.25, 0.3) is 10.4 Å². The molecule has 0 spiro atoms. The molecule has 0 aromatic carbocycles. The van der Waals surface area contributed by atoms with Crippen molar-refractivity contribution in [2.45, 2.75) is 37.4 Å². The van der Waals surface area contributed by atoms with E-state index in [0.29, 0.717) is 30.7 Å². The standard InChI is InChI=1S/C18H18FN5OS/c19-14-4-11(17-20-2-1-3-21-17)5-15(7-14)24-18(25)12-6-16(26-10-12)13-8-22-23-9-13/h1-3,6,8-11,14-15H,4-5,7H2,(H,22,23)(H,24,25). The molecule has 4 rings (SSSR count). The molecule has 6 nitrogen and oxygen atoms in total. The Morgan fingerprint density at radius 3 is 2.88 bits per heavy atom. The molecule has 1 saturated carbocycles. The van der Waals surface area contributed by atoms with Crippen LogP contribution in [-0.2, 0) is 0 Å². The highest BCUT2D eigenvalue weighted by Crippen LogP contribution is 2.33. The van der Waals surface area contributed by atoms with Crippen molar-refractivity contribution in [2.24, 2.45) is 0 Å². The van der Waals surface area contributed by atoms with Crippen molar-refractivity contribution in [1.29, 1.82) is 0 Å². The van der Waals surface area contributed by atoms with Gasteiger partial charge < -0.3 is 5.32 Å². The third-order valence-electron chi connectivity index (χ3n) is 4.58. The maximum Gasteiger partial charge on any atom is 0.252 e. The number of nitrogens with one attached hydrogen (secondary N) is 2. The first-order valence-electron chi connectivity index (χ1n) is 8.48. The summed E-state index contributed by atoms with van der Waals surface area (Å²) in [6.45, 7) is 0. The summed E-state index contributed by atoms with van der Waals surface area (Å²) in [7, 11) is 0. The highest BCUT2D eigenvalue weighted by atomic mass is 32.1. The Morgan fingerprint density at radius 2 is 2.12 bits per heavy atom. The highest BCUT2D eigenvalue weighted by molar-refractivity contribution is 7.13. The minimum atomic E-state index is -0.966. The molecular formula is C18H18FN5OS. The van der Waals surface area contributed by atoms with E-state index in [9.17, 15) is 9.18 Å². The van der Waals surface area contributed by atoms with Gasteiger partial charge in [-0.1, -0.05) is 0 Å². The molecule has 8 heteroatoms. The minimum absolute atomic E-state index is 0.0748. The molecule has 3 heterocycles. The van der Waals surface area contributed by atoms with Crippen molar-refractivity contribution in [3.05, 3.63) is 53.7 Å². The second kappa shape index (κ2) is 7.33. The number of amides is 1. The van der Waals surface area contributed by atoms with E-state index in [1.807, 2.05) is 11.4 Å². The number of nitrogens with zero attached hydrogens (tertiary/aromatic N) is 3. The van der Waals surface area contributed by atoms with Crippen LogP contribution in [-0.4, -0.2) is 38.3 Å². The van der Waals surface area contributed by atoms with Gasteiger partial charge in [0.2, 0.25) is 0 Å². The molecule has 0 radical (unpaired) electrons. The number of thiophene rings is 1. The highest BCUT2D eigenvalue weighted by Gasteiger charge is 2.32. The number of hydrogen-bond acceptors (Lipinski definition) is 5. The van der Waals surface area contributed by atoms with Gasteiger partial charge in [-0.25, -0.2) is 14.4 Å². The first kappa shape index (κ1) is 16.8. The molecule has 0 saturated heterocycles. The Labute approximate surface area is 153 Å². The van der Waals surface area contributed by atoms with Crippen molar-refractivity contribution in [2.75, 3.05) is 0 Å². The summed E-state index contributed by atoms with van der Waals surface area (Å²) >= 11 is 1.48. The Bertz CT molecular complexity index is 867. The van der Waals surface area contributed by atoms with Crippen LogP contribution >= 0.6 is 11.3 Å². The lowest BCUT2D eigenvalue weighted by Crippen LogP contribution is -2.41. The summed E-state index contributed by atoms with van der Waals surface area (Å²) in [6.07, 6.45) is 7.25. The van der Waals surface area contributed by atoms with E-state index >= 15 is 0 Å². The third kappa shape index (κ3) is 3.65. The Balaban J connectivity index is 1.43. The molecule has 3 unspecified atom stereocenters. The van der Waals surface area contributed by atoms with Gasteiger partial charge >= 0.3 is 0 Å². The van der Waals surface area contributed by atoms with Gasteiger partial charge in [0.15, 0.2) is 0 Å². The Morgan fingerprint density at radius 1 is 1.27 bits per heavy atom. The molecule has 1 aliphatic carbocycles. The molecule has 2 N–H and O–H groups in total. The van der Waals surface area contributed by atoms with Crippen LogP contribution < -0.4 is 5.32 Å². The second-order valence-corrected chi connectivity index (χ2v) is 7.38. The van der Waals surface area contributed by atoms with E-state index in [1.54, 1.807) is 30.9 Å². The second-order valence-electron chi connectivity index (χ2n) is 6.47. The van der Waals surface area contributed by atoms with Crippen LogP contribution in [0.5, 0.6) is 0 Å². The smallest absolute Gasteiger partial charge is 0.252 e. The van der Waals surface area contributed by atoms with Crippen molar-refractivity contribution >= 4 is 17.2 Å². The molecule has 0 aliphatic heterocycles. The predicted molar refractivity (Wildman–Crippen MR) is 96.7 cm³/mol. The van der Waals surface area contributed by atoms with Gasteiger partial charge in [0.1, 0.15) is 12.0 Å². The monoisotopic (exact) mass is 371 g/mol. The maximum atomic E-state index is 14.2. The van der Waals surface area contributed by atoms with Crippen molar-refractivity contribution in [3.8, 4) is 10.4 Å². The molecule has 1 fully saturated rings. The van der Waals surface area contributed by atoms with Crippen LogP contribution in [0.2, 0.25) is 0 Å². The quantitative estimate of drug-likeness (QED) is 0.737. The van der Waals surface area contributed by atoms with Gasteiger partial charge in [-0.3, -0.25) is 9.89 Å². The molecule has 134 valence electrons. The number of H-pyrrole nitrogens is 1. The third-order valence-corrected chi connectivity index (χ3v) is 5.56. The van der Waals surface area contributed by atoms with E-state index in [4.69, 9.17) is 0 Å². The fourth-order valence-corrected chi connectivity index (χ4v) is 4.23. The lowest BCUT2D eigenvalue weighted by Gasteiger charge is -2.31. The van der Waals surface area contributed by atoms with Crippen LogP contribution in [0.3, 0.4) is 0 Å². The zero-order chi connectivity index (χ0) is 17.9. The topological polar surface area (TPSA) is 83.6 Å². The molecule has 1 aliphatic rings. The maximum absolute atomic E-state index is 14.2. The van der Waals surface area contributed by atoms with Gasteiger partial charge in [0.05, 0.1) is 11.8 Å². The molecule has 3 aromatic heterocycles. The Hall–Kier alpha value is -2.61. The van der Waals surface area contributed by atoms with E-state index in [0.717, 1.165) is 10.4 Å². The van der Waals surface area contributed by atoms with Gasteiger partial charge in [-0.05, 0) is 31.4 Å². The van der Waals surface area contributed by atoms with Crippen molar-refractivity contribution in [1.82, 2.24) is 25.5 Å². The Kier molecular flexibility index (Phi) is 4.75. The van der Waals surface area contributed by atoms with Crippen LogP contribution in [0.15, 0.2) is 42.3 Å². The van der Waals surface area contributed by atoms with Crippen LogP contribution in [0.1, 0.15) is 41.4 Å². The van der Waals surface area contributed by atoms with E-state index < -0.39 is 6.17 Å². The minimum Gasteiger partial charge on any atom is -0.349 e. The van der Waals surface area contributed by atoms with Gasteiger partial charge in [-0.2, -0.15) is 5.10 Å². The van der Waals surface area contributed by atoms with E-state index in [2.05, 4.69) is 25.5 Å². The number of carbonyl (C=O) groups is 1. The number of hydrogen-bond donors (Lipinski definition) is 2. The summed E-state index contributed by atoms with van der Waals surface area (Å²) in [5.41, 5.74) is 1.52. The average Bonchev–Trinajstić information content (AvgIpc) is 3.33. The number of aromatic amines is 1. The number of alkyl halides is 1. The molecule has 3 aromatic rings.